The van der Waals surface area contributed by atoms with E-state index in [1.807, 2.05) is 48.5 Å². The average Bonchev–Trinajstić information content (AvgIpc) is 2.52. The van der Waals surface area contributed by atoms with Gasteiger partial charge in [-0.25, -0.2) is 0 Å². The molecule has 0 fully saturated rings. The zero-order valence-electron chi connectivity index (χ0n) is 11.2. The summed E-state index contributed by atoms with van der Waals surface area (Å²) in [5.74, 6) is 1.37. The van der Waals surface area contributed by atoms with Crippen molar-refractivity contribution in [2.45, 2.75) is 6.10 Å². The normalized spacial score (nSPS) is 11.9. The molecule has 3 N–H and O–H groups in total. The molecule has 0 aromatic heterocycles. The van der Waals surface area contributed by atoms with Crippen LogP contribution in [0.25, 0.3) is 0 Å². The highest BCUT2D eigenvalue weighted by molar-refractivity contribution is 5.33. The lowest BCUT2D eigenvalue weighted by Crippen LogP contribution is -2.11. The van der Waals surface area contributed by atoms with Crippen molar-refractivity contribution >= 4 is 0 Å². The van der Waals surface area contributed by atoms with E-state index in [0.29, 0.717) is 24.7 Å². The van der Waals surface area contributed by atoms with E-state index in [1.165, 1.54) is 0 Å². The van der Waals surface area contributed by atoms with Crippen LogP contribution in [0.5, 0.6) is 11.5 Å². The second-order valence-electron chi connectivity index (χ2n) is 4.35. The highest BCUT2D eigenvalue weighted by Gasteiger charge is 2.08. The molecule has 0 bridgehead atoms. The first kappa shape index (κ1) is 14.4. The number of ether oxygens (including phenoxy) is 2. The molecule has 2 aromatic rings. The second-order valence-corrected chi connectivity index (χ2v) is 4.35. The number of hydrogen-bond acceptors (Lipinski definition) is 4. The third kappa shape index (κ3) is 4.26. The number of nitrogens with two attached hydrogens (primary N) is 1. The van der Waals surface area contributed by atoms with Crippen LogP contribution in [0.4, 0.5) is 0 Å². The summed E-state index contributed by atoms with van der Waals surface area (Å²) in [5.41, 5.74) is 6.22. The van der Waals surface area contributed by atoms with Crippen molar-refractivity contribution in [2.75, 3.05) is 19.8 Å². The van der Waals surface area contributed by atoms with Crippen molar-refractivity contribution in [3.05, 3.63) is 60.2 Å². The highest BCUT2D eigenvalue weighted by Crippen LogP contribution is 2.21. The average molecular weight is 273 g/mol. The molecule has 4 heteroatoms. The van der Waals surface area contributed by atoms with Crippen molar-refractivity contribution in [2.24, 2.45) is 5.73 Å². The lowest BCUT2D eigenvalue weighted by atomic mass is 10.1. The molecule has 0 heterocycles. The predicted octanol–water partition coefficient (Wildman–Crippen LogP) is 2.14. The molecule has 1 unspecified atom stereocenters. The van der Waals surface area contributed by atoms with E-state index in [-0.39, 0.29) is 6.61 Å². The molecule has 106 valence electrons. The lowest BCUT2D eigenvalue weighted by Gasteiger charge is -2.13. The van der Waals surface area contributed by atoms with Crippen LogP contribution in [0.1, 0.15) is 11.7 Å². The third-order valence-electron chi connectivity index (χ3n) is 2.78. The molecule has 2 rings (SSSR count). The zero-order valence-corrected chi connectivity index (χ0v) is 11.2. The first-order valence-electron chi connectivity index (χ1n) is 6.58. The molecule has 0 saturated heterocycles. The van der Waals surface area contributed by atoms with Gasteiger partial charge >= 0.3 is 0 Å². The van der Waals surface area contributed by atoms with Gasteiger partial charge in [0.15, 0.2) is 0 Å². The number of benzene rings is 2. The molecule has 0 saturated carbocycles. The van der Waals surface area contributed by atoms with Crippen molar-refractivity contribution in [1.82, 2.24) is 0 Å². The minimum atomic E-state index is -0.648. The number of rotatable bonds is 7. The summed E-state index contributed by atoms with van der Waals surface area (Å²) in [6.07, 6.45) is -0.648. The van der Waals surface area contributed by atoms with E-state index >= 15 is 0 Å². The van der Waals surface area contributed by atoms with Crippen molar-refractivity contribution in [3.63, 3.8) is 0 Å². The molecule has 0 radical (unpaired) electrons. The van der Waals surface area contributed by atoms with Crippen LogP contribution >= 0.6 is 0 Å². The van der Waals surface area contributed by atoms with Gasteiger partial charge in [-0.3, -0.25) is 0 Å². The van der Waals surface area contributed by atoms with E-state index in [0.717, 1.165) is 5.56 Å². The number of hydrogen-bond donors (Lipinski definition) is 2. The summed E-state index contributed by atoms with van der Waals surface area (Å²) in [6.45, 7) is 1.14. The van der Waals surface area contributed by atoms with Crippen LogP contribution in [-0.2, 0) is 0 Å². The van der Waals surface area contributed by atoms with Gasteiger partial charge in [0.25, 0.3) is 0 Å². The van der Waals surface area contributed by atoms with Gasteiger partial charge in [0.05, 0.1) is 0 Å². The molecule has 0 aliphatic heterocycles. The summed E-state index contributed by atoms with van der Waals surface area (Å²) < 4.78 is 11.0. The molecule has 0 spiro atoms. The van der Waals surface area contributed by atoms with Crippen molar-refractivity contribution in [1.29, 1.82) is 0 Å². The van der Waals surface area contributed by atoms with Crippen LogP contribution < -0.4 is 15.2 Å². The van der Waals surface area contributed by atoms with Gasteiger partial charge in [-0.1, -0.05) is 36.4 Å². The summed E-state index contributed by atoms with van der Waals surface area (Å²) in [6, 6.07) is 16.7. The first-order chi connectivity index (χ1) is 9.79. The van der Waals surface area contributed by atoms with Gasteiger partial charge in [-0.2, -0.15) is 0 Å². The van der Waals surface area contributed by atoms with Gasteiger partial charge in [-0.05, 0) is 17.7 Å². The molecular weight excluding hydrogens is 254 g/mol. The fourth-order valence-corrected chi connectivity index (χ4v) is 1.78. The Kier molecular flexibility index (Phi) is 5.41. The zero-order chi connectivity index (χ0) is 14.2. The van der Waals surface area contributed by atoms with Crippen LogP contribution in [-0.4, -0.2) is 24.9 Å². The Labute approximate surface area is 118 Å². The maximum absolute atomic E-state index is 10.0. The fourth-order valence-electron chi connectivity index (χ4n) is 1.78. The molecular formula is C16H19NO3. The molecule has 4 nitrogen and oxygen atoms in total. The van der Waals surface area contributed by atoms with Crippen LogP contribution in [0.2, 0.25) is 0 Å². The number of aliphatic hydroxyl groups is 1. The third-order valence-corrected chi connectivity index (χ3v) is 2.78. The van der Waals surface area contributed by atoms with Gasteiger partial charge in [0.1, 0.15) is 30.8 Å². The Hall–Kier alpha value is -2.04. The number of aliphatic hydroxyl groups excluding tert-OH is 1. The second kappa shape index (κ2) is 7.53. The topological polar surface area (TPSA) is 64.7 Å². The van der Waals surface area contributed by atoms with Gasteiger partial charge < -0.3 is 20.3 Å². The molecule has 20 heavy (non-hydrogen) atoms. The minimum Gasteiger partial charge on any atom is -0.492 e. The van der Waals surface area contributed by atoms with E-state index < -0.39 is 6.10 Å². The predicted molar refractivity (Wildman–Crippen MR) is 77.9 cm³/mol. The molecule has 0 aliphatic rings. The van der Waals surface area contributed by atoms with Crippen LogP contribution in [0.3, 0.4) is 0 Å². The Morgan fingerprint density at radius 2 is 1.65 bits per heavy atom. The van der Waals surface area contributed by atoms with Crippen LogP contribution in [0.15, 0.2) is 54.6 Å². The minimum absolute atomic E-state index is 0.199. The monoisotopic (exact) mass is 273 g/mol. The quantitative estimate of drug-likeness (QED) is 0.811. The molecule has 0 aliphatic carbocycles. The lowest BCUT2D eigenvalue weighted by molar-refractivity contribution is 0.108. The van der Waals surface area contributed by atoms with E-state index in [2.05, 4.69) is 0 Å². The fraction of sp³-hybridized carbons (Fsp3) is 0.250. The SMILES string of the molecule is NCCOc1cccc(OCC(O)c2ccccc2)c1. The molecule has 0 amide bonds. The maximum atomic E-state index is 10.0. The molecule has 2 aromatic carbocycles. The van der Waals surface area contributed by atoms with Gasteiger partial charge in [0.2, 0.25) is 0 Å². The summed E-state index contributed by atoms with van der Waals surface area (Å²) in [4.78, 5) is 0. The summed E-state index contributed by atoms with van der Waals surface area (Å²) in [5, 5.41) is 10.0. The summed E-state index contributed by atoms with van der Waals surface area (Å²) in [7, 11) is 0. The maximum Gasteiger partial charge on any atom is 0.123 e. The van der Waals surface area contributed by atoms with Crippen LogP contribution in [0, 0.1) is 0 Å². The Morgan fingerprint density at radius 1 is 0.950 bits per heavy atom. The van der Waals surface area contributed by atoms with Crippen molar-refractivity contribution in [3.8, 4) is 11.5 Å². The largest absolute Gasteiger partial charge is 0.492 e. The van der Waals surface area contributed by atoms with E-state index in [9.17, 15) is 5.11 Å². The van der Waals surface area contributed by atoms with Crippen molar-refractivity contribution < 1.29 is 14.6 Å². The summed E-state index contributed by atoms with van der Waals surface area (Å²) >= 11 is 0. The standard InChI is InChI=1S/C16H19NO3/c17-9-10-19-14-7-4-8-15(11-14)20-12-16(18)13-5-2-1-3-6-13/h1-8,11,16,18H,9-10,12,17H2. The van der Waals surface area contributed by atoms with Gasteiger partial charge in [0, 0.05) is 12.6 Å². The smallest absolute Gasteiger partial charge is 0.123 e. The Morgan fingerprint density at radius 3 is 2.35 bits per heavy atom. The Balaban J connectivity index is 1.90. The Bertz CT molecular complexity index is 516. The first-order valence-corrected chi connectivity index (χ1v) is 6.58. The van der Waals surface area contributed by atoms with E-state index in [4.69, 9.17) is 15.2 Å². The van der Waals surface area contributed by atoms with Gasteiger partial charge in [-0.15, -0.1) is 0 Å². The molecule has 1 atom stereocenters. The van der Waals surface area contributed by atoms with E-state index in [1.54, 1.807) is 6.07 Å². The highest BCUT2D eigenvalue weighted by atomic mass is 16.5.